The van der Waals surface area contributed by atoms with Gasteiger partial charge in [0.25, 0.3) is 0 Å². The van der Waals surface area contributed by atoms with Crippen LogP contribution in [-0.4, -0.2) is 11.5 Å². The van der Waals surface area contributed by atoms with Crippen LogP contribution >= 0.6 is 0 Å². The van der Waals surface area contributed by atoms with Crippen molar-refractivity contribution in [2.75, 3.05) is 6.54 Å². The third-order valence-electron chi connectivity index (χ3n) is 2.55. The van der Waals surface area contributed by atoms with Crippen LogP contribution in [0.2, 0.25) is 0 Å². The summed E-state index contributed by atoms with van der Waals surface area (Å²) >= 11 is 0. The maximum absolute atomic E-state index is 10.6. The lowest BCUT2D eigenvalue weighted by molar-refractivity contribution is -0.483. The van der Waals surface area contributed by atoms with Gasteiger partial charge in [0.15, 0.2) is 0 Å². The summed E-state index contributed by atoms with van der Waals surface area (Å²) in [5, 5.41) is 10.6. The van der Waals surface area contributed by atoms with Crippen LogP contribution in [0, 0.1) is 10.1 Å². The largest absolute Gasteiger partial charge is 0.265 e. The van der Waals surface area contributed by atoms with E-state index in [0.29, 0.717) is 0 Å². The Morgan fingerprint density at radius 1 is 1.33 bits per heavy atom. The minimum absolute atomic E-state index is 0.0456. The Labute approximate surface area is 90.3 Å². The monoisotopic (exact) mass is 207 g/mol. The van der Waals surface area contributed by atoms with Crippen LogP contribution in [0.3, 0.4) is 0 Å². The summed E-state index contributed by atoms with van der Waals surface area (Å²) in [5.41, 5.74) is 1.09. The first kappa shape index (κ1) is 11.7. The number of nitro groups is 1. The number of rotatable bonds is 6. The van der Waals surface area contributed by atoms with E-state index in [2.05, 4.69) is 6.92 Å². The SMILES string of the molecule is CCCCC(C[N+](=O)[O-])c1ccccc1. The number of hydrogen-bond acceptors (Lipinski definition) is 2. The van der Waals surface area contributed by atoms with Gasteiger partial charge in [0.05, 0.1) is 0 Å². The average Bonchev–Trinajstić information content (AvgIpc) is 2.25. The van der Waals surface area contributed by atoms with Gasteiger partial charge < -0.3 is 0 Å². The molecule has 3 nitrogen and oxygen atoms in total. The zero-order valence-corrected chi connectivity index (χ0v) is 9.06. The summed E-state index contributed by atoms with van der Waals surface area (Å²) < 4.78 is 0. The predicted molar refractivity (Wildman–Crippen MR) is 60.6 cm³/mol. The summed E-state index contributed by atoms with van der Waals surface area (Å²) in [6.07, 6.45) is 3.04. The summed E-state index contributed by atoms with van der Waals surface area (Å²) in [5.74, 6) is 0.0705. The molecule has 1 atom stereocenters. The van der Waals surface area contributed by atoms with Crippen molar-refractivity contribution in [2.24, 2.45) is 0 Å². The summed E-state index contributed by atoms with van der Waals surface area (Å²) in [4.78, 5) is 10.3. The van der Waals surface area contributed by atoms with Crippen LogP contribution in [0.5, 0.6) is 0 Å². The highest BCUT2D eigenvalue weighted by Gasteiger charge is 2.16. The lowest BCUT2D eigenvalue weighted by Crippen LogP contribution is -2.12. The zero-order chi connectivity index (χ0) is 11.1. The van der Waals surface area contributed by atoms with E-state index in [9.17, 15) is 10.1 Å². The van der Waals surface area contributed by atoms with Gasteiger partial charge in [-0.3, -0.25) is 10.1 Å². The van der Waals surface area contributed by atoms with Crippen molar-refractivity contribution in [3.63, 3.8) is 0 Å². The van der Waals surface area contributed by atoms with E-state index in [4.69, 9.17) is 0 Å². The van der Waals surface area contributed by atoms with E-state index < -0.39 is 0 Å². The Kier molecular flexibility index (Phi) is 4.81. The van der Waals surface area contributed by atoms with Crippen LogP contribution in [-0.2, 0) is 0 Å². The average molecular weight is 207 g/mol. The lowest BCUT2D eigenvalue weighted by Gasteiger charge is -2.12. The zero-order valence-electron chi connectivity index (χ0n) is 9.06. The Balaban J connectivity index is 2.67. The number of benzene rings is 1. The molecule has 1 aromatic carbocycles. The molecule has 0 saturated carbocycles. The van der Waals surface area contributed by atoms with Crippen LogP contribution in [0.4, 0.5) is 0 Å². The van der Waals surface area contributed by atoms with Crippen LogP contribution in [0.25, 0.3) is 0 Å². The quantitative estimate of drug-likeness (QED) is 0.531. The maximum atomic E-state index is 10.6. The number of unbranched alkanes of at least 4 members (excludes halogenated alkanes) is 1. The molecule has 0 spiro atoms. The van der Waals surface area contributed by atoms with Crippen molar-refractivity contribution in [2.45, 2.75) is 32.1 Å². The molecular weight excluding hydrogens is 190 g/mol. The summed E-state index contributed by atoms with van der Waals surface area (Å²) in [7, 11) is 0. The molecule has 0 N–H and O–H groups in total. The third kappa shape index (κ3) is 4.11. The molecule has 0 amide bonds. The molecule has 1 rings (SSSR count). The van der Waals surface area contributed by atoms with Gasteiger partial charge in [0.2, 0.25) is 6.54 Å². The van der Waals surface area contributed by atoms with E-state index in [1.165, 1.54) is 0 Å². The van der Waals surface area contributed by atoms with E-state index in [0.717, 1.165) is 24.8 Å². The normalized spacial score (nSPS) is 12.3. The molecule has 0 aromatic heterocycles. The predicted octanol–water partition coefficient (Wildman–Crippen LogP) is 3.24. The van der Waals surface area contributed by atoms with Crippen LogP contribution in [0.15, 0.2) is 30.3 Å². The van der Waals surface area contributed by atoms with Gasteiger partial charge in [-0.05, 0) is 12.0 Å². The van der Waals surface area contributed by atoms with E-state index >= 15 is 0 Å². The molecule has 0 aliphatic heterocycles. The van der Waals surface area contributed by atoms with Crippen molar-refractivity contribution >= 4 is 0 Å². The second-order valence-electron chi connectivity index (χ2n) is 3.77. The standard InChI is InChI=1S/C12H17NO2/c1-2-3-7-12(10-13(14)15)11-8-5-4-6-9-11/h4-6,8-9,12H,2-3,7,10H2,1H3. The highest BCUT2D eigenvalue weighted by molar-refractivity contribution is 5.19. The van der Waals surface area contributed by atoms with Gasteiger partial charge in [0, 0.05) is 10.8 Å². The first-order chi connectivity index (χ1) is 7.24. The number of hydrogen-bond donors (Lipinski definition) is 0. The maximum Gasteiger partial charge on any atom is 0.210 e. The van der Waals surface area contributed by atoms with Gasteiger partial charge in [-0.1, -0.05) is 50.1 Å². The Morgan fingerprint density at radius 2 is 2.00 bits per heavy atom. The van der Waals surface area contributed by atoms with Crippen molar-refractivity contribution in [3.05, 3.63) is 46.0 Å². The molecule has 0 bridgehead atoms. The first-order valence-corrected chi connectivity index (χ1v) is 5.40. The third-order valence-corrected chi connectivity index (χ3v) is 2.55. The van der Waals surface area contributed by atoms with Gasteiger partial charge in [0.1, 0.15) is 0 Å². The Bertz CT molecular complexity index is 298. The molecule has 1 aromatic rings. The van der Waals surface area contributed by atoms with Gasteiger partial charge >= 0.3 is 0 Å². The molecule has 0 saturated heterocycles. The molecule has 0 aliphatic rings. The number of nitrogens with zero attached hydrogens (tertiary/aromatic N) is 1. The summed E-state index contributed by atoms with van der Waals surface area (Å²) in [6, 6.07) is 9.77. The molecule has 0 heterocycles. The fourth-order valence-corrected chi connectivity index (χ4v) is 1.72. The van der Waals surface area contributed by atoms with Crippen molar-refractivity contribution in [1.82, 2.24) is 0 Å². The van der Waals surface area contributed by atoms with Crippen molar-refractivity contribution in [1.29, 1.82) is 0 Å². The Hall–Kier alpha value is -1.38. The minimum Gasteiger partial charge on any atom is -0.265 e. The molecule has 0 fully saturated rings. The van der Waals surface area contributed by atoms with Crippen LogP contribution < -0.4 is 0 Å². The molecule has 82 valence electrons. The topological polar surface area (TPSA) is 43.1 Å². The summed E-state index contributed by atoms with van der Waals surface area (Å²) in [6.45, 7) is 2.15. The highest BCUT2D eigenvalue weighted by atomic mass is 16.6. The Morgan fingerprint density at radius 3 is 2.53 bits per heavy atom. The van der Waals surface area contributed by atoms with Gasteiger partial charge in [-0.15, -0.1) is 0 Å². The fraction of sp³-hybridized carbons (Fsp3) is 0.500. The molecule has 1 unspecified atom stereocenters. The molecular formula is C12H17NO2. The highest BCUT2D eigenvalue weighted by Crippen LogP contribution is 2.21. The molecule has 3 heteroatoms. The van der Waals surface area contributed by atoms with Crippen molar-refractivity contribution in [3.8, 4) is 0 Å². The van der Waals surface area contributed by atoms with Crippen molar-refractivity contribution < 1.29 is 4.92 Å². The fourth-order valence-electron chi connectivity index (χ4n) is 1.72. The first-order valence-electron chi connectivity index (χ1n) is 5.40. The smallest absolute Gasteiger partial charge is 0.210 e. The molecule has 0 radical (unpaired) electrons. The van der Waals surface area contributed by atoms with E-state index in [1.807, 2.05) is 30.3 Å². The van der Waals surface area contributed by atoms with E-state index in [1.54, 1.807) is 0 Å². The molecule has 0 aliphatic carbocycles. The second kappa shape index (κ2) is 6.17. The van der Waals surface area contributed by atoms with Gasteiger partial charge in [-0.2, -0.15) is 0 Å². The van der Waals surface area contributed by atoms with Crippen LogP contribution in [0.1, 0.15) is 37.7 Å². The molecule has 15 heavy (non-hydrogen) atoms. The van der Waals surface area contributed by atoms with E-state index in [-0.39, 0.29) is 17.4 Å². The lowest BCUT2D eigenvalue weighted by atomic mass is 9.94. The minimum atomic E-state index is -0.215. The second-order valence-corrected chi connectivity index (χ2v) is 3.77. The van der Waals surface area contributed by atoms with Gasteiger partial charge in [-0.25, -0.2) is 0 Å².